The van der Waals surface area contributed by atoms with Crippen LogP contribution in [0.3, 0.4) is 0 Å². The largest absolute Gasteiger partial charge is 0.456 e. The molecule has 4 nitrogen and oxygen atoms in total. The van der Waals surface area contributed by atoms with Crippen molar-refractivity contribution in [3.63, 3.8) is 0 Å². The highest BCUT2D eigenvalue weighted by Gasteiger charge is 2.57. The molecule has 0 aliphatic heterocycles. The fourth-order valence-electron chi connectivity index (χ4n) is 5.06. The molecule has 4 aliphatic rings. The van der Waals surface area contributed by atoms with E-state index < -0.39 is 18.0 Å². The van der Waals surface area contributed by atoms with Gasteiger partial charge in [-0.25, -0.2) is 9.59 Å². The summed E-state index contributed by atoms with van der Waals surface area (Å²) in [6, 6.07) is 0. The number of hydrogen-bond acceptors (Lipinski definition) is 4. The Balaban J connectivity index is 1.70. The van der Waals surface area contributed by atoms with Gasteiger partial charge in [-0.15, -0.1) is 0 Å². The first kappa shape index (κ1) is 15.6. The topological polar surface area (TPSA) is 52.6 Å². The third-order valence-corrected chi connectivity index (χ3v) is 6.14. The Labute approximate surface area is 132 Å². The van der Waals surface area contributed by atoms with Crippen molar-refractivity contribution in [3.05, 3.63) is 12.7 Å². The summed E-state index contributed by atoms with van der Waals surface area (Å²) >= 11 is 0. The molecule has 1 unspecified atom stereocenters. The van der Waals surface area contributed by atoms with Crippen LogP contribution in [0.5, 0.6) is 0 Å². The third kappa shape index (κ3) is 2.57. The van der Waals surface area contributed by atoms with E-state index in [1.54, 1.807) is 0 Å². The van der Waals surface area contributed by atoms with Crippen LogP contribution >= 0.6 is 0 Å². The van der Waals surface area contributed by atoms with E-state index in [4.69, 9.17) is 9.47 Å². The lowest BCUT2D eigenvalue weighted by Crippen LogP contribution is -2.58. The quantitative estimate of drug-likeness (QED) is 0.578. The van der Waals surface area contributed by atoms with Crippen molar-refractivity contribution in [1.29, 1.82) is 0 Å². The Bertz CT molecular complexity index is 453. The maximum absolute atomic E-state index is 12.5. The van der Waals surface area contributed by atoms with Crippen molar-refractivity contribution >= 4 is 11.9 Å². The van der Waals surface area contributed by atoms with Crippen molar-refractivity contribution in [2.75, 3.05) is 0 Å². The van der Waals surface area contributed by atoms with Crippen LogP contribution in [0.2, 0.25) is 0 Å². The van der Waals surface area contributed by atoms with Gasteiger partial charge in [0.25, 0.3) is 0 Å². The predicted molar refractivity (Wildman–Crippen MR) is 81.9 cm³/mol. The molecule has 0 heterocycles. The van der Waals surface area contributed by atoms with Gasteiger partial charge in [0.15, 0.2) is 6.10 Å². The second-order valence-electron chi connectivity index (χ2n) is 7.45. The first-order chi connectivity index (χ1) is 10.5. The molecular formula is C18H26O4. The first-order valence-electron chi connectivity index (χ1n) is 8.52. The zero-order valence-corrected chi connectivity index (χ0v) is 13.5. The van der Waals surface area contributed by atoms with E-state index in [1.807, 2.05) is 6.92 Å². The van der Waals surface area contributed by atoms with Crippen LogP contribution in [0.1, 0.15) is 52.4 Å². The van der Waals surface area contributed by atoms with Gasteiger partial charge in [-0.3, -0.25) is 0 Å². The van der Waals surface area contributed by atoms with E-state index in [9.17, 15) is 9.59 Å². The summed E-state index contributed by atoms with van der Waals surface area (Å²) in [4.78, 5) is 23.8. The van der Waals surface area contributed by atoms with Crippen molar-refractivity contribution in [2.24, 2.45) is 23.7 Å². The van der Waals surface area contributed by atoms with Crippen LogP contribution in [0.15, 0.2) is 12.7 Å². The van der Waals surface area contributed by atoms with Crippen molar-refractivity contribution < 1.29 is 19.1 Å². The molecule has 1 atom stereocenters. The van der Waals surface area contributed by atoms with E-state index in [-0.39, 0.29) is 5.60 Å². The fraction of sp³-hybridized carbons (Fsp3) is 0.778. The lowest BCUT2D eigenvalue weighted by molar-refractivity contribution is -0.212. The van der Waals surface area contributed by atoms with Crippen LogP contribution in [0, 0.1) is 23.7 Å². The molecule has 0 amide bonds. The van der Waals surface area contributed by atoms with E-state index in [2.05, 4.69) is 13.5 Å². The highest BCUT2D eigenvalue weighted by Crippen LogP contribution is 2.59. The molecular weight excluding hydrogens is 280 g/mol. The van der Waals surface area contributed by atoms with Gasteiger partial charge in [-0.05, 0) is 69.1 Å². The summed E-state index contributed by atoms with van der Waals surface area (Å²) in [6.45, 7) is 7.29. The van der Waals surface area contributed by atoms with E-state index in [0.29, 0.717) is 18.3 Å². The van der Waals surface area contributed by atoms with E-state index in [1.165, 1.54) is 32.1 Å². The number of esters is 2. The zero-order valence-electron chi connectivity index (χ0n) is 13.5. The Morgan fingerprint density at radius 1 is 1.18 bits per heavy atom. The van der Waals surface area contributed by atoms with Crippen molar-refractivity contribution in [2.45, 2.75) is 64.1 Å². The average molecular weight is 306 g/mol. The molecule has 22 heavy (non-hydrogen) atoms. The minimum atomic E-state index is -0.820. The standard InChI is InChI=1S/C18H26O4/c1-4-15(21-16(19)5-2)17(20)22-18(3)13-7-11-6-12(9-13)10-14(18)8-11/h5,11-15H,2,4,6-10H2,1,3H3. The molecule has 122 valence electrons. The summed E-state index contributed by atoms with van der Waals surface area (Å²) in [5, 5.41) is 0. The first-order valence-corrected chi connectivity index (χ1v) is 8.52. The van der Waals surface area contributed by atoms with Crippen LogP contribution in [-0.2, 0) is 19.1 Å². The van der Waals surface area contributed by atoms with E-state index >= 15 is 0 Å². The summed E-state index contributed by atoms with van der Waals surface area (Å²) in [5.41, 5.74) is -0.376. The number of carbonyl (C=O) groups is 2. The molecule has 4 aliphatic carbocycles. The monoisotopic (exact) mass is 306 g/mol. The minimum Gasteiger partial charge on any atom is -0.456 e. The van der Waals surface area contributed by atoms with Gasteiger partial charge in [0, 0.05) is 6.08 Å². The summed E-state index contributed by atoms with van der Waals surface area (Å²) in [5.74, 6) is 1.64. The Hall–Kier alpha value is -1.32. The van der Waals surface area contributed by atoms with Gasteiger partial charge in [-0.2, -0.15) is 0 Å². The molecule has 0 spiro atoms. The van der Waals surface area contributed by atoms with Gasteiger partial charge in [0.05, 0.1) is 0 Å². The number of carbonyl (C=O) groups excluding carboxylic acids is 2. The highest BCUT2D eigenvalue weighted by molar-refractivity contribution is 5.85. The Morgan fingerprint density at radius 3 is 2.18 bits per heavy atom. The third-order valence-electron chi connectivity index (χ3n) is 6.14. The highest BCUT2D eigenvalue weighted by atomic mass is 16.6. The SMILES string of the molecule is C=CC(=O)OC(CC)C(=O)OC1(C)C2CC3CC(C2)CC1C3. The predicted octanol–water partition coefficient (Wildman–Crippen LogP) is 3.25. The molecule has 4 saturated carbocycles. The number of ether oxygens (including phenoxy) is 2. The van der Waals surface area contributed by atoms with Crippen molar-refractivity contribution in [1.82, 2.24) is 0 Å². The molecule has 0 aromatic heterocycles. The molecule has 0 radical (unpaired) electrons. The Morgan fingerprint density at radius 2 is 1.73 bits per heavy atom. The van der Waals surface area contributed by atoms with Gasteiger partial charge < -0.3 is 9.47 Å². The van der Waals surface area contributed by atoms with Gasteiger partial charge in [0.2, 0.25) is 0 Å². The molecule has 0 N–H and O–H groups in total. The molecule has 4 bridgehead atoms. The van der Waals surface area contributed by atoms with Crippen LogP contribution in [0.4, 0.5) is 0 Å². The molecule has 0 saturated heterocycles. The summed E-state index contributed by atoms with van der Waals surface area (Å²) in [6.07, 6.45) is 6.78. The van der Waals surface area contributed by atoms with Crippen LogP contribution < -0.4 is 0 Å². The average Bonchev–Trinajstić information content (AvgIpc) is 2.49. The lowest BCUT2D eigenvalue weighted by atomic mass is 9.50. The van der Waals surface area contributed by atoms with Crippen molar-refractivity contribution in [3.8, 4) is 0 Å². The molecule has 4 fully saturated rings. The lowest BCUT2D eigenvalue weighted by Gasteiger charge is -2.59. The van der Waals surface area contributed by atoms with Crippen LogP contribution in [-0.4, -0.2) is 23.6 Å². The van der Waals surface area contributed by atoms with Crippen LogP contribution in [0.25, 0.3) is 0 Å². The second-order valence-corrected chi connectivity index (χ2v) is 7.45. The summed E-state index contributed by atoms with van der Waals surface area (Å²) < 4.78 is 11.1. The smallest absolute Gasteiger partial charge is 0.348 e. The van der Waals surface area contributed by atoms with Gasteiger partial charge in [-0.1, -0.05) is 13.5 Å². The normalized spacial score (nSPS) is 40.1. The molecule has 4 heteroatoms. The van der Waals surface area contributed by atoms with Gasteiger partial charge in [0.1, 0.15) is 5.60 Å². The fourth-order valence-corrected chi connectivity index (χ4v) is 5.06. The van der Waals surface area contributed by atoms with E-state index in [0.717, 1.165) is 17.9 Å². The number of rotatable bonds is 5. The Kier molecular flexibility index (Phi) is 4.04. The van der Waals surface area contributed by atoms with Gasteiger partial charge >= 0.3 is 11.9 Å². The summed E-state index contributed by atoms with van der Waals surface area (Å²) in [7, 11) is 0. The molecule has 0 aromatic rings. The molecule has 4 rings (SSSR count). The second kappa shape index (κ2) is 5.71. The minimum absolute atomic E-state index is 0.376. The maximum Gasteiger partial charge on any atom is 0.348 e. The zero-order chi connectivity index (χ0) is 15.9. The maximum atomic E-state index is 12.5. The number of hydrogen-bond donors (Lipinski definition) is 0. The molecule has 0 aromatic carbocycles.